The van der Waals surface area contributed by atoms with Crippen LogP contribution in [0.3, 0.4) is 0 Å². The molecule has 0 aliphatic heterocycles. The number of nitrogens with zero attached hydrogens (tertiary/aromatic N) is 2. The Morgan fingerprint density at radius 3 is 2.25 bits per heavy atom. The molecule has 0 saturated carbocycles. The van der Waals surface area contributed by atoms with Gasteiger partial charge in [0.05, 0.1) is 29.8 Å². The standard InChI is InChI=1S/C15H23N3O2/c1-14(2,3)13-17-11-7-10(16)5-6-12(11)18(13)15(4,8-19)9-20/h5-7,19-20H,8-9,16H2,1-4H3. The Labute approximate surface area is 119 Å². The van der Waals surface area contributed by atoms with Crippen LogP contribution in [-0.4, -0.2) is 33.0 Å². The van der Waals surface area contributed by atoms with E-state index in [2.05, 4.69) is 25.8 Å². The molecule has 0 aliphatic rings. The van der Waals surface area contributed by atoms with Gasteiger partial charge in [-0.1, -0.05) is 20.8 Å². The number of imidazole rings is 1. The molecule has 5 nitrogen and oxygen atoms in total. The van der Waals surface area contributed by atoms with E-state index < -0.39 is 5.54 Å². The Morgan fingerprint density at radius 2 is 1.75 bits per heavy atom. The van der Waals surface area contributed by atoms with Crippen LogP contribution >= 0.6 is 0 Å². The average molecular weight is 277 g/mol. The molecule has 0 bridgehead atoms. The zero-order valence-electron chi connectivity index (χ0n) is 12.5. The molecule has 1 heterocycles. The van der Waals surface area contributed by atoms with E-state index in [0.717, 1.165) is 16.9 Å². The molecule has 5 heteroatoms. The van der Waals surface area contributed by atoms with Gasteiger partial charge in [0.1, 0.15) is 5.82 Å². The zero-order valence-corrected chi connectivity index (χ0v) is 12.5. The minimum atomic E-state index is -0.798. The highest BCUT2D eigenvalue weighted by Crippen LogP contribution is 2.32. The molecule has 1 aromatic heterocycles. The number of aliphatic hydroxyl groups is 2. The van der Waals surface area contributed by atoms with Gasteiger partial charge in [0, 0.05) is 11.1 Å². The first-order chi connectivity index (χ1) is 9.23. The summed E-state index contributed by atoms with van der Waals surface area (Å²) in [6.45, 7) is 7.67. The molecule has 2 aromatic rings. The van der Waals surface area contributed by atoms with Crippen molar-refractivity contribution in [2.75, 3.05) is 18.9 Å². The van der Waals surface area contributed by atoms with Gasteiger partial charge in [-0.15, -0.1) is 0 Å². The summed E-state index contributed by atoms with van der Waals surface area (Å²) in [5.74, 6) is 0.823. The molecule has 1 aromatic carbocycles. The number of hydrogen-bond donors (Lipinski definition) is 3. The first-order valence-electron chi connectivity index (χ1n) is 6.73. The number of anilines is 1. The lowest BCUT2D eigenvalue weighted by atomic mass is 9.93. The van der Waals surface area contributed by atoms with Crippen LogP contribution in [0.2, 0.25) is 0 Å². The van der Waals surface area contributed by atoms with Gasteiger partial charge in [0.25, 0.3) is 0 Å². The maximum absolute atomic E-state index is 9.73. The molecule has 0 spiro atoms. The van der Waals surface area contributed by atoms with E-state index in [1.807, 2.05) is 29.7 Å². The molecule has 0 saturated heterocycles. The molecule has 0 atom stereocenters. The molecule has 0 amide bonds. The lowest BCUT2D eigenvalue weighted by Gasteiger charge is -2.32. The number of nitrogen functional groups attached to an aromatic ring is 1. The Bertz CT molecular complexity index is 622. The van der Waals surface area contributed by atoms with Crippen LogP contribution in [0.5, 0.6) is 0 Å². The third kappa shape index (κ3) is 2.27. The first kappa shape index (κ1) is 14.8. The van der Waals surface area contributed by atoms with E-state index in [-0.39, 0.29) is 18.6 Å². The van der Waals surface area contributed by atoms with Crippen molar-refractivity contribution in [2.24, 2.45) is 0 Å². The van der Waals surface area contributed by atoms with Crippen LogP contribution in [0.15, 0.2) is 18.2 Å². The summed E-state index contributed by atoms with van der Waals surface area (Å²) in [4.78, 5) is 4.67. The van der Waals surface area contributed by atoms with Gasteiger partial charge in [-0.2, -0.15) is 0 Å². The van der Waals surface area contributed by atoms with Crippen LogP contribution in [0.4, 0.5) is 5.69 Å². The normalized spacial score (nSPS) is 13.1. The number of fused-ring (bicyclic) bond motifs is 1. The van der Waals surface area contributed by atoms with Gasteiger partial charge in [0.2, 0.25) is 0 Å². The van der Waals surface area contributed by atoms with Crippen LogP contribution in [0.25, 0.3) is 11.0 Å². The van der Waals surface area contributed by atoms with Crippen molar-refractivity contribution in [3.8, 4) is 0 Å². The van der Waals surface area contributed by atoms with Gasteiger partial charge in [-0.3, -0.25) is 0 Å². The van der Waals surface area contributed by atoms with Crippen molar-refractivity contribution < 1.29 is 10.2 Å². The number of hydrogen-bond acceptors (Lipinski definition) is 4. The Balaban J connectivity index is 2.84. The monoisotopic (exact) mass is 277 g/mol. The Hall–Kier alpha value is -1.59. The quantitative estimate of drug-likeness (QED) is 0.744. The highest BCUT2D eigenvalue weighted by atomic mass is 16.3. The van der Waals surface area contributed by atoms with Gasteiger partial charge < -0.3 is 20.5 Å². The molecular weight excluding hydrogens is 254 g/mol. The number of benzene rings is 1. The summed E-state index contributed by atoms with van der Waals surface area (Å²) in [6, 6.07) is 5.51. The predicted octanol–water partition coefficient (Wildman–Crippen LogP) is 1.62. The highest BCUT2D eigenvalue weighted by Gasteiger charge is 2.33. The van der Waals surface area contributed by atoms with E-state index in [9.17, 15) is 10.2 Å². The number of rotatable bonds is 3. The fourth-order valence-corrected chi connectivity index (χ4v) is 2.34. The van der Waals surface area contributed by atoms with Crippen molar-refractivity contribution in [1.82, 2.24) is 9.55 Å². The van der Waals surface area contributed by atoms with E-state index >= 15 is 0 Å². The summed E-state index contributed by atoms with van der Waals surface area (Å²) in [5, 5.41) is 19.5. The molecule has 20 heavy (non-hydrogen) atoms. The Kier molecular flexibility index (Phi) is 3.52. The molecule has 0 radical (unpaired) electrons. The number of aromatic nitrogens is 2. The average Bonchev–Trinajstić information content (AvgIpc) is 2.76. The van der Waals surface area contributed by atoms with Crippen molar-refractivity contribution >= 4 is 16.7 Å². The van der Waals surface area contributed by atoms with Crippen molar-refractivity contribution in [3.05, 3.63) is 24.0 Å². The topological polar surface area (TPSA) is 84.3 Å². The third-order valence-electron chi connectivity index (χ3n) is 3.57. The molecule has 2 rings (SSSR count). The SMILES string of the molecule is CC(C)(C)c1nc2cc(N)ccc2n1C(C)(CO)CO. The van der Waals surface area contributed by atoms with Gasteiger partial charge >= 0.3 is 0 Å². The number of aliphatic hydroxyl groups excluding tert-OH is 2. The molecule has 110 valence electrons. The molecule has 0 unspecified atom stereocenters. The van der Waals surface area contributed by atoms with Crippen molar-refractivity contribution in [3.63, 3.8) is 0 Å². The van der Waals surface area contributed by atoms with Crippen LogP contribution in [0, 0.1) is 0 Å². The molecule has 0 aliphatic carbocycles. The predicted molar refractivity (Wildman–Crippen MR) is 80.7 cm³/mol. The van der Waals surface area contributed by atoms with E-state index in [1.54, 1.807) is 0 Å². The maximum Gasteiger partial charge on any atom is 0.115 e. The zero-order chi connectivity index (χ0) is 15.1. The Morgan fingerprint density at radius 1 is 1.15 bits per heavy atom. The van der Waals surface area contributed by atoms with Gasteiger partial charge in [-0.25, -0.2) is 4.98 Å². The third-order valence-corrected chi connectivity index (χ3v) is 3.57. The van der Waals surface area contributed by atoms with Crippen LogP contribution < -0.4 is 5.73 Å². The first-order valence-corrected chi connectivity index (χ1v) is 6.73. The largest absolute Gasteiger partial charge is 0.399 e. The van der Waals surface area contributed by atoms with E-state index in [0.29, 0.717) is 5.69 Å². The lowest BCUT2D eigenvalue weighted by molar-refractivity contribution is 0.0765. The summed E-state index contributed by atoms with van der Waals surface area (Å²) >= 11 is 0. The van der Waals surface area contributed by atoms with E-state index in [4.69, 9.17) is 5.73 Å². The van der Waals surface area contributed by atoms with Crippen molar-refractivity contribution in [1.29, 1.82) is 0 Å². The second-order valence-electron chi connectivity index (χ2n) is 6.58. The molecule has 4 N–H and O–H groups in total. The summed E-state index contributed by atoms with van der Waals surface area (Å²) < 4.78 is 1.93. The summed E-state index contributed by atoms with van der Waals surface area (Å²) in [6.07, 6.45) is 0. The smallest absolute Gasteiger partial charge is 0.115 e. The lowest BCUT2D eigenvalue weighted by Crippen LogP contribution is -2.41. The molecular formula is C15H23N3O2. The minimum absolute atomic E-state index is 0.164. The highest BCUT2D eigenvalue weighted by molar-refractivity contribution is 5.80. The number of nitrogens with two attached hydrogens (primary N) is 1. The fraction of sp³-hybridized carbons (Fsp3) is 0.533. The second kappa shape index (κ2) is 4.75. The van der Waals surface area contributed by atoms with Gasteiger partial charge in [0.15, 0.2) is 0 Å². The fourth-order valence-electron chi connectivity index (χ4n) is 2.34. The molecule has 0 fully saturated rings. The van der Waals surface area contributed by atoms with E-state index in [1.165, 1.54) is 0 Å². The van der Waals surface area contributed by atoms with Crippen molar-refractivity contribution in [2.45, 2.75) is 38.6 Å². The van der Waals surface area contributed by atoms with Crippen LogP contribution in [-0.2, 0) is 11.0 Å². The maximum atomic E-state index is 9.73. The van der Waals surface area contributed by atoms with Crippen LogP contribution in [0.1, 0.15) is 33.5 Å². The summed E-state index contributed by atoms with van der Waals surface area (Å²) in [7, 11) is 0. The van der Waals surface area contributed by atoms with Gasteiger partial charge in [-0.05, 0) is 25.1 Å². The minimum Gasteiger partial charge on any atom is -0.399 e. The second-order valence-corrected chi connectivity index (χ2v) is 6.58. The summed E-state index contributed by atoms with van der Waals surface area (Å²) in [5.41, 5.74) is 7.11.